The molecule has 0 fully saturated rings. The molecule has 0 radical (unpaired) electrons. The highest BCUT2D eigenvalue weighted by molar-refractivity contribution is 14.0. The van der Waals surface area contributed by atoms with Crippen LogP contribution in [0.4, 0.5) is 0 Å². The zero-order valence-electron chi connectivity index (χ0n) is 17.0. The smallest absolute Gasteiger partial charge is 0.194 e. The average Bonchev–Trinajstić information content (AvgIpc) is 3.06. The molecule has 1 heterocycles. The molecule has 0 spiro atoms. The van der Waals surface area contributed by atoms with E-state index in [2.05, 4.69) is 65.3 Å². The molecule has 0 aliphatic carbocycles. The molecule has 7 heteroatoms. The molecule has 3 N–H and O–H groups in total. The largest absolute Gasteiger partial charge is 0.357 e. The highest BCUT2D eigenvalue weighted by Crippen LogP contribution is 2.16. The third-order valence-electron chi connectivity index (χ3n) is 3.83. The van der Waals surface area contributed by atoms with E-state index in [1.165, 1.54) is 0 Å². The fraction of sp³-hybridized carbons (Fsp3) is 0.500. The first kappa shape index (κ1) is 23.4. The van der Waals surface area contributed by atoms with Crippen molar-refractivity contribution in [3.63, 3.8) is 0 Å². The Balaban J connectivity index is 0.00000364. The quantitative estimate of drug-likeness (QED) is 0.244. The van der Waals surface area contributed by atoms with Crippen molar-refractivity contribution in [2.45, 2.75) is 39.8 Å². The van der Waals surface area contributed by atoms with Crippen LogP contribution in [0.3, 0.4) is 0 Å². The van der Waals surface area contributed by atoms with Gasteiger partial charge in [-0.25, -0.2) is 4.98 Å². The number of guanidine groups is 1. The van der Waals surface area contributed by atoms with Crippen LogP contribution in [-0.4, -0.2) is 53.0 Å². The van der Waals surface area contributed by atoms with Gasteiger partial charge in [-0.1, -0.05) is 30.3 Å². The minimum absolute atomic E-state index is 0. The minimum Gasteiger partial charge on any atom is -0.357 e. The lowest BCUT2D eigenvalue weighted by atomic mass is 10.1. The number of aliphatic imine (C=N–C) groups is 1. The van der Waals surface area contributed by atoms with Gasteiger partial charge in [-0.05, 0) is 33.3 Å². The highest BCUT2D eigenvalue weighted by atomic mass is 127. The second-order valence-corrected chi connectivity index (χ2v) is 7.38. The lowest BCUT2D eigenvalue weighted by Gasteiger charge is -2.22. The topological polar surface area (TPSA) is 68.3 Å². The maximum Gasteiger partial charge on any atom is 0.194 e. The first-order valence-electron chi connectivity index (χ1n) is 9.23. The lowest BCUT2D eigenvalue weighted by Crippen LogP contribution is -2.40. The first-order valence-corrected chi connectivity index (χ1v) is 9.23. The molecule has 1 aromatic heterocycles. The van der Waals surface area contributed by atoms with Gasteiger partial charge in [0.05, 0.1) is 25.0 Å². The summed E-state index contributed by atoms with van der Waals surface area (Å²) in [5.41, 5.74) is 2.29. The Bertz CT molecular complexity index is 690. The van der Waals surface area contributed by atoms with E-state index in [0.717, 1.165) is 42.7 Å². The van der Waals surface area contributed by atoms with Crippen molar-refractivity contribution in [1.82, 2.24) is 25.5 Å². The number of hydrogen-bond donors (Lipinski definition) is 3. The molecular weight excluding hydrogens is 451 g/mol. The zero-order valence-corrected chi connectivity index (χ0v) is 19.4. The number of benzene rings is 1. The van der Waals surface area contributed by atoms with E-state index >= 15 is 0 Å². The fourth-order valence-electron chi connectivity index (χ4n) is 2.57. The van der Waals surface area contributed by atoms with Crippen LogP contribution < -0.4 is 10.6 Å². The van der Waals surface area contributed by atoms with Gasteiger partial charge in [0.25, 0.3) is 0 Å². The molecule has 0 saturated carbocycles. The summed E-state index contributed by atoms with van der Waals surface area (Å²) in [5.74, 6) is 1.81. The summed E-state index contributed by atoms with van der Waals surface area (Å²) in [4.78, 5) is 14.7. The third kappa shape index (κ3) is 8.30. The van der Waals surface area contributed by atoms with Gasteiger partial charge in [-0.15, -0.1) is 24.0 Å². The molecule has 0 bridgehead atoms. The van der Waals surface area contributed by atoms with Crippen LogP contribution in [0.15, 0.2) is 41.5 Å². The normalized spacial score (nSPS) is 11.8. The molecular formula is C20H33IN6. The number of H-pyrrole nitrogens is 1. The summed E-state index contributed by atoms with van der Waals surface area (Å²) < 4.78 is 0. The van der Waals surface area contributed by atoms with Crippen LogP contribution >= 0.6 is 24.0 Å². The van der Waals surface area contributed by atoms with Gasteiger partial charge in [0, 0.05) is 25.7 Å². The second-order valence-electron chi connectivity index (χ2n) is 7.38. The number of rotatable bonds is 7. The number of aromatic nitrogens is 2. The number of aromatic amines is 1. The van der Waals surface area contributed by atoms with E-state index in [0.29, 0.717) is 6.54 Å². The lowest BCUT2D eigenvalue weighted by molar-refractivity contribution is 0.429. The van der Waals surface area contributed by atoms with Crippen LogP contribution in [0.25, 0.3) is 11.3 Å². The van der Waals surface area contributed by atoms with Crippen LogP contribution in [-0.2, 0) is 6.54 Å². The Morgan fingerprint density at radius 2 is 1.93 bits per heavy atom. The molecule has 6 nitrogen and oxygen atoms in total. The summed E-state index contributed by atoms with van der Waals surface area (Å²) >= 11 is 0. The molecule has 0 unspecified atom stereocenters. The predicted molar refractivity (Wildman–Crippen MR) is 125 cm³/mol. The predicted octanol–water partition coefficient (Wildman–Crippen LogP) is 3.48. The molecule has 0 atom stereocenters. The van der Waals surface area contributed by atoms with E-state index in [4.69, 9.17) is 4.99 Å². The Kier molecular flexibility index (Phi) is 9.79. The SMILES string of the molecule is CCNC(=NCCNC(C)(C)C)N(C)Cc1ncc(-c2ccccc2)[nH]1.I. The van der Waals surface area contributed by atoms with Crippen LogP contribution in [0.1, 0.15) is 33.5 Å². The van der Waals surface area contributed by atoms with Crippen LogP contribution in [0.5, 0.6) is 0 Å². The van der Waals surface area contributed by atoms with E-state index in [9.17, 15) is 0 Å². The summed E-state index contributed by atoms with van der Waals surface area (Å²) in [6, 6.07) is 10.2. The van der Waals surface area contributed by atoms with Crippen molar-refractivity contribution in [2.75, 3.05) is 26.7 Å². The summed E-state index contributed by atoms with van der Waals surface area (Å²) in [5, 5.41) is 6.80. The second kappa shape index (κ2) is 11.3. The maximum atomic E-state index is 4.70. The number of halogens is 1. The van der Waals surface area contributed by atoms with Crippen molar-refractivity contribution >= 4 is 29.9 Å². The zero-order chi connectivity index (χ0) is 19.0. The minimum atomic E-state index is 0. The number of hydrogen-bond acceptors (Lipinski definition) is 3. The Morgan fingerprint density at radius 1 is 1.22 bits per heavy atom. The molecule has 0 aliphatic rings. The van der Waals surface area contributed by atoms with Crippen molar-refractivity contribution in [1.29, 1.82) is 0 Å². The van der Waals surface area contributed by atoms with Gasteiger partial charge in [0.2, 0.25) is 0 Å². The van der Waals surface area contributed by atoms with Gasteiger partial charge < -0.3 is 20.5 Å². The molecule has 2 rings (SSSR count). The van der Waals surface area contributed by atoms with E-state index < -0.39 is 0 Å². The van der Waals surface area contributed by atoms with Crippen LogP contribution in [0, 0.1) is 0 Å². The Morgan fingerprint density at radius 3 is 2.56 bits per heavy atom. The molecule has 0 saturated heterocycles. The number of nitrogens with one attached hydrogen (secondary N) is 3. The Labute approximate surface area is 180 Å². The van der Waals surface area contributed by atoms with Gasteiger partial charge in [-0.2, -0.15) is 0 Å². The fourth-order valence-corrected chi connectivity index (χ4v) is 2.57. The third-order valence-corrected chi connectivity index (χ3v) is 3.83. The summed E-state index contributed by atoms with van der Waals surface area (Å²) in [6.45, 7) is 11.7. The van der Waals surface area contributed by atoms with Crippen molar-refractivity contribution in [3.8, 4) is 11.3 Å². The standard InChI is InChI=1S/C20H32N6.HI/c1-6-21-19(22-12-13-24-20(2,3)4)26(5)15-18-23-14-17(25-18)16-10-8-7-9-11-16;/h7-11,14,24H,6,12-13,15H2,1-5H3,(H,21,22)(H,23,25);1H. The van der Waals surface area contributed by atoms with Gasteiger partial charge in [0.1, 0.15) is 5.82 Å². The first-order chi connectivity index (χ1) is 12.4. The summed E-state index contributed by atoms with van der Waals surface area (Å²) in [6.07, 6.45) is 1.88. The number of imidazole rings is 1. The van der Waals surface area contributed by atoms with Gasteiger partial charge in [-0.3, -0.25) is 4.99 Å². The van der Waals surface area contributed by atoms with Gasteiger partial charge >= 0.3 is 0 Å². The monoisotopic (exact) mass is 484 g/mol. The molecule has 1 aromatic carbocycles. The van der Waals surface area contributed by atoms with Crippen molar-refractivity contribution in [3.05, 3.63) is 42.4 Å². The number of nitrogens with zero attached hydrogens (tertiary/aromatic N) is 3. The van der Waals surface area contributed by atoms with Gasteiger partial charge in [0.15, 0.2) is 5.96 Å². The molecule has 0 amide bonds. The van der Waals surface area contributed by atoms with E-state index in [1.807, 2.05) is 31.4 Å². The van der Waals surface area contributed by atoms with Crippen molar-refractivity contribution in [2.24, 2.45) is 4.99 Å². The molecule has 0 aliphatic heterocycles. The Hall–Kier alpha value is -1.61. The van der Waals surface area contributed by atoms with Crippen molar-refractivity contribution < 1.29 is 0 Å². The van der Waals surface area contributed by atoms with E-state index in [-0.39, 0.29) is 29.5 Å². The van der Waals surface area contributed by atoms with E-state index in [1.54, 1.807) is 0 Å². The molecule has 27 heavy (non-hydrogen) atoms. The summed E-state index contributed by atoms with van der Waals surface area (Å²) in [7, 11) is 2.03. The molecule has 150 valence electrons. The average molecular weight is 484 g/mol. The maximum absolute atomic E-state index is 4.70. The highest BCUT2D eigenvalue weighted by Gasteiger charge is 2.11. The van der Waals surface area contributed by atoms with Crippen LogP contribution in [0.2, 0.25) is 0 Å². The molecule has 2 aromatic rings.